The summed E-state index contributed by atoms with van der Waals surface area (Å²) in [6.45, 7) is 12.7. The van der Waals surface area contributed by atoms with E-state index >= 15 is 0 Å². The number of ether oxygens (including phenoxy) is 8. The normalized spacial score (nSPS) is 53.5. The number of carboxylic acids is 1. The first kappa shape index (κ1) is 56.2. The van der Waals surface area contributed by atoms with Crippen molar-refractivity contribution in [3.63, 3.8) is 0 Å². The van der Waals surface area contributed by atoms with E-state index < -0.39 is 160 Å². The maximum absolute atomic E-state index is 13.2. The van der Waals surface area contributed by atoms with Gasteiger partial charge in [-0.2, -0.15) is 0 Å². The van der Waals surface area contributed by atoms with E-state index in [1.807, 2.05) is 0 Å². The third-order valence-corrected chi connectivity index (χ3v) is 20.8. The molecule has 0 spiro atoms. The van der Waals surface area contributed by atoms with Crippen molar-refractivity contribution in [2.45, 2.75) is 223 Å². The van der Waals surface area contributed by atoms with Crippen molar-refractivity contribution in [2.24, 2.45) is 50.2 Å². The minimum absolute atomic E-state index is 0.0239. The molecule has 4 saturated heterocycles. The molecule has 21 nitrogen and oxygen atoms in total. The molecule has 4 heterocycles. The number of carbonyl (C=O) groups is 1. The van der Waals surface area contributed by atoms with Crippen LogP contribution in [0, 0.1) is 50.2 Å². The van der Waals surface area contributed by atoms with Crippen LogP contribution >= 0.6 is 0 Å². The maximum atomic E-state index is 13.2. The molecule has 4 aliphatic heterocycles. The van der Waals surface area contributed by atoms with Crippen molar-refractivity contribution in [2.75, 3.05) is 33.0 Å². The van der Waals surface area contributed by atoms with Gasteiger partial charge in [-0.25, -0.2) is 0 Å². The fraction of sp³-hybridized carbons (Fsp3) is 0.942. The van der Waals surface area contributed by atoms with Gasteiger partial charge >= 0.3 is 5.97 Å². The maximum Gasteiger partial charge on any atom is 0.310 e. The van der Waals surface area contributed by atoms with Gasteiger partial charge < -0.3 is 99.2 Å². The highest BCUT2D eigenvalue weighted by Crippen LogP contribution is 2.76. The van der Waals surface area contributed by atoms with Gasteiger partial charge in [0.2, 0.25) is 0 Å². The molecule has 5 aliphatic carbocycles. The summed E-state index contributed by atoms with van der Waals surface area (Å²) in [6, 6.07) is 0. The van der Waals surface area contributed by atoms with Crippen molar-refractivity contribution >= 4 is 5.97 Å². The van der Waals surface area contributed by atoms with Gasteiger partial charge in [-0.15, -0.1) is 0 Å². The molecule has 12 N–H and O–H groups in total. The van der Waals surface area contributed by atoms with E-state index in [2.05, 4.69) is 54.5 Å². The molecule has 0 aromatic rings. The first-order chi connectivity index (χ1) is 34.2. The van der Waals surface area contributed by atoms with Crippen LogP contribution in [0.5, 0.6) is 0 Å². The van der Waals surface area contributed by atoms with E-state index in [1.165, 1.54) is 5.57 Å². The number of allylic oxidation sites excluding steroid dienone is 2. The van der Waals surface area contributed by atoms with Crippen LogP contribution in [-0.2, 0) is 42.7 Å². The first-order valence-electron chi connectivity index (χ1n) is 26.6. The van der Waals surface area contributed by atoms with E-state index in [0.29, 0.717) is 19.3 Å². The molecule has 0 aromatic carbocycles. The molecular formula is C52H84O21. The Morgan fingerprint density at radius 1 is 0.658 bits per heavy atom. The van der Waals surface area contributed by atoms with Gasteiger partial charge in [-0.1, -0.05) is 60.1 Å². The van der Waals surface area contributed by atoms with Gasteiger partial charge in [-0.05, 0) is 109 Å². The Bertz CT molecular complexity index is 2020. The van der Waals surface area contributed by atoms with E-state index in [-0.39, 0.29) is 39.4 Å². The smallest absolute Gasteiger partial charge is 0.310 e. The Morgan fingerprint density at radius 3 is 1.96 bits per heavy atom. The fourth-order valence-corrected chi connectivity index (χ4v) is 16.1. The Hall–Kier alpha value is -1.55. The minimum Gasteiger partial charge on any atom is -0.481 e. The summed E-state index contributed by atoms with van der Waals surface area (Å²) in [7, 11) is 0. The quantitative estimate of drug-likeness (QED) is 0.0890. The van der Waals surface area contributed by atoms with Gasteiger partial charge in [0.1, 0.15) is 78.8 Å². The lowest BCUT2D eigenvalue weighted by atomic mass is 9.33. The number of aliphatic hydroxyl groups excluding tert-OH is 10. The first-order valence-corrected chi connectivity index (χ1v) is 26.6. The zero-order valence-corrected chi connectivity index (χ0v) is 43.3. The third kappa shape index (κ3) is 9.01. The standard InChI is InChI=1S/C52H84O21/c1-46(2)14-16-51(45(63)64)17-15-49(6)24(25(51)18-46)8-9-30-48(5)12-11-31(47(3,4)29(48)10-13-50(30,49)7)70-43-39(73-42-35(60)34(59)32(57)27(19-53)68-42)38(33(58)28(20-54)69-43)72-41-36(61)37(26(56)21-66-41)71-44-40(62)52(65,22-55)23-67-44/h8,25-44,53-62,65H,9-23H2,1-7H3,(H,63,64)/t25-,26-,27+,28+,29+,30+,31-,32+,33+,34-,35+,36+,37-,38-,39+,40-,41-,42-,43-,44-,48-,49+,50+,51-,52+/m0/s1. The Labute approximate surface area is 426 Å². The predicted octanol–water partition coefficient (Wildman–Crippen LogP) is -0.190. The summed E-state index contributed by atoms with van der Waals surface area (Å²) in [5.41, 5.74) is -2.53. The molecule has 73 heavy (non-hydrogen) atoms. The van der Waals surface area contributed by atoms with Crippen LogP contribution in [0.4, 0.5) is 0 Å². The molecule has 0 aromatic heterocycles. The average molecular weight is 1050 g/mol. The van der Waals surface area contributed by atoms with Gasteiger partial charge in [0.15, 0.2) is 25.2 Å². The lowest BCUT2D eigenvalue weighted by Gasteiger charge is -2.71. The number of aliphatic carboxylic acids is 1. The highest BCUT2D eigenvalue weighted by Gasteiger charge is 2.70. The zero-order chi connectivity index (χ0) is 53.2. The summed E-state index contributed by atoms with van der Waals surface area (Å²) < 4.78 is 48.7. The second-order valence-electron chi connectivity index (χ2n) is 25.5. The molecule has 4 saturated carbocycles. The van der Waals surface area contributed by atoms with E-state index in [4.69, 9.17) is 37.9 Å². The monoisotopic (exact) mass is 1040 g/mol. The Balaban J connectivity index is 0.997. The summed E-state index contributed by atoms with van der Waals surface area (Å²) in [4.78, 5) is 13.2. The van der Waals surface area contributed by atoms with Crippen molar-refractivity contribution in [1.29, 1.82) is 0 Å². The van der Waals surface area contributed by atoms with Crippen LogP contribution in [-0.4, -0.2) is 210 Å². The lowest BCUT2D eigenvalue weighted by Crippen LogP contribution is -2.68. The molecule has 0 unspecified atom stereocenters. The molecule has 9 rings (SSSR count). The van der Waals surface area contributed by atoms with Crippen LogP contribution < -0.4 is 0 Å². The molecule has 0 radical (unpaired) electrons. The van der Waals surface area contributed by atoms with E-state index in [9.17, 15) is 66.1 Å². The number of hydrogen-bond donors (Lipinski definition) is 12. The summed E-state index contributed by atoms with van der Waals surface area (Å²) in [5.74, 6) is -0.326. The fourth-order valence-electron chi connectivity index (χ4n) is 16.1. The van der Waals surface area contributed by atoms with Crippen molar-refractivity contribution in [1.82, 2.24) is 0 Å². The molecular weight excluding hydrogens is 961 g/mol. The predicted molar refractivity (Wildman–Crippen MR) is 251 cm³/mol. The number of hydrogen-bond acceptors (Lipinski definition) is 20. The summed E-state index contributed by atoms with van der Waals surface area (Å²) in [5, 5.41) is 130. The van der Waals surface area contributed by atoms with E-state index in [1.54, 1.807) is 0 Å². The van der Waals surface area contributed by atoms with Crippen LogP contribution in [0.3, 0.4) is 0 Å². The topological polar surface area (TPSA) is 334 Å². The molecule has 25 atom stereocenters. The second kappa shape index (κ2) is 20.0. The highest BCUT2D eigenvalue weighted by atomic mass is 16.8. The lowest BCUT2D eigenvalue weighted by molar-refractivity contribution is -0.398. The van der Waals surface area contributed by atoms with Gasteiger partial charge in [0.25, 0.3) is 0 Å². The third-order valence-electron chi connectivity index (χ3n) is 20.8. The minimum atomic E-state index is -2.09. The summed E-state index contributed by atoms with van der Waals surface area (Å²) in [6.07, 6.45) is -17.2. The highest BCUT2D eigenvalue weighted by molar-refractivity contribution is 5.76. The number of carboxylic acid groups (broad SMARTS) is 1. The van der Waals surface area contributed by atoms with Crippen LogP contribution in [0.2, 0.25) is 0 Å². The number of aliphatic hydroxyl groups is 11. The Kier molecular flexibility index (Phi) is 15.4. The molecule has 0 bridgehead atoms. The van der Waals surface area contributed by atoms with Crippen LogP contribution in [0.1, 0.15) is 113 Å². The second-order valence-corrected chi connectivity index (χ2v) is 25.5. The number of fused-ring (bicyclic) bond motifs is 7. The van der Waals surface area contributed by atoms with Gasteiger partial charge in [0, 0.05) is 0 Å². The molecule has 21 heteroatoms. The van der Waals surface area contributed by atoms with Crippen molar-refractivity contribution < 1.29 is 104 Å². The van der Waals surface area contributed by atoms with Crippen molar-refractivity contribution in [3.05, 3.63) is 11.6 Å². The zero-order valence-electron chi connectivity index (χ0n) is 43.3. The Morgan fingerprint density at radius 2 is 1.30 bits per heavy atom. The summed E-state index contributed by atoms with van der Waals surface area (Å²) >= 11 is 0. The van der Waals surface area contributed by atoms with Gasteiger partial charge in [-0.3, -0.25) is 4.79 Å². The molecule has 418 valence electrons. The number of rotatable bonds is 12. The van der Waals surface area contributed by atoms with E-state index in [0.717, 1.165) is 44.9 Å². The van der Waals surface area contributed by atoms with Crippen molar-refractivity contribution in [3.8, 4) is 0 Å². The SMILES string of the molecule is CC1(C)CC[C@]2(C(=O)O)CC[C@]3(C)C(=CC[C@@H]4[C@@]5(C)CC[C@H](O[C@@H]6O[C@H](CO)[C@@H](O)[C@H](O[C@@H]7OC[C@H](O)[C@H](O[C@@H]8OC[C@](O)(CO)[C@H]8O)[C@H]7O)[C@H]6O[C@@H]6O[C@H](CO)[C@@H](O)[C@H](O)[C@H]6O)C(C)(C)[C@H]5CC[C@]43C)[C@@H]2C1. The van der Waals surface area contributed by atoms with Gasteiger partial charge in [0.05, 0.1) is 44.6 Å². The average Bonchev–Trinajstić information content (AvgIpc) is 3.62. The van der Waals surface area contributed by atoms with Crippen LogP contribution in [0.15, 0.2) is 11.6 Å². The van der Waals surface area contributed by atoms with Crippen LogP contribution in [0.25, 0.3) is 0 Å². The molecule has 8 fully saturated rings. The largest absolute Gasteiger partial charge is 0.481 e. The molecule has 9 aliphatic rings. The molecule has 0 amide bonds.